The minimum Gasteiger partial charge on any atom is -0.394 e. The predicted molar refractivity (Wildman–Crippen MR) is 177 cm³/mol. The highest BCUT2D eigenvalue weighted by atomic mass is 32.2. The number of alkyl halides is 3. The summed E-state index contributed by atoms with van der Waals surface area (Å²) in [4.78, 5) is 27.7. The molecule has 0 aliphatic carbocycles. The van der Waals surface area contributed by atoms with E-state index in [1.807, 2.05) is 0 Å². The van der Waals surface area contributed by atoms with Crippen LogP contribution in [0.4, 0.5) is 23.2 Å². The van der Waals surface area contributed by atoms with Crippen LogP contribution in [0.15, 0.2) is 41.3 Å². The van der Waals surface area contributed by atoms with Crippen LogP contribution in [0.25, 0.3) is 0 Å². The van der Waals surface area contributed by atoms with E-state index in [4.69, 9.17) is 0 Å². The number of hydrogen-bond donors (Lipinski definition) is 13. The number of nitrogens with one attached hydrogen (secondary N) is 1. The molecule has 8 unspecified atom stereocenters. The zero-order valence-electron chi connectivity index (χ0n) is 28.6. The van der Waals surface area contributed by atoms with Gasteiger partial charge in [-0.2, -0.15) is 13.2 Å². The summed E-state index contributed by atoms with van der Waals surface area (Å²) in [6.07, 6.45) is -21.0. The van der Waals surface area contributed by atoms with Crippen molar-refractivity contribution in [2.24, 2.45) is 0 Å². The molecule has 8 atom stereocenters. The minimum absolute atomic E-state index is 0.0288. The Labute approximate surface area is 310 Å². The largest absolute Gasteiger partial charge is 0.418 e. The lowest BCUT2D eigenvalue weighted by Crippen LogP contribution is -2.49. The van der Waals surface area contributed by atoms with Crippen molar-refractivity contribution in [2.45, 2.75) is 59.9 Å². The minimum atomic E-state index is -5.34. The van der Waals surface area contributed by atoms with Crippen LogP contribution in [0.1, 0.15) is 26.3 Å². The van der Waals surface area contributed by atoms with E-state index in [-0.39, 0.29) is 6.07 Å². The monoisotopic (exact) mass is 821 g/mol. The van der Waals surface area contributed by atoms with Crippen molar-refractivity contribution in [2.75, 3.05) is 57.3 Å². The number of aliphatic hydroxyl groups excluding tert-OH is 12. The summed E-state index contributed by atoms with van der Waals surface area (Å²) in [7, 11) is -5.34. The molecule has 312 valence electrons. The smallest absolute Gasteiger partial charge is 0.394 e. The summed E-state index contributed by atoms with van der Waals surface area (Å²) in [5.74, 6) is -4.24. The number of nitrogens with zero attached hydrogens (tertiary/aromatic N) is 2. The van der Waals surface area contributed by atoms with Crippen molar-refractivity contribution in [3.8, 4) is 0 Å². The van der Waals surface area contributed by atoms with Gasteiger partial charge in [-0.15, -0.1) is 0 Å². The topological polar surface area (TPSA) is 330 Å². The number of hydrogen-bond acceptors (Lipinski definition) is 16. The molecule has 13 N–H and O–H groups in total. The zero-order chi connectivity index (χ0) is 42.0. The summed E-state index contributed by atoms with van der Waals surface area (Å²) in [5, 5.41) is 118. The maximum atomic E-state index is 13.9. The summed E-state index contributed by atoms with van der Waals surface area (Å²) in [6, 6.07) is 2.51. The summed E-state index contributed by atoms with van der Waals surface area (Å²) in [5.41, 5.74) is -4.75. The molecule has 19 nitrogen and oxygen atoms in total. The number of anilines is 1. The van der Waals surface area contributed by atoms with Crippen molar-refractivity contribution in [3.63, 3.8) is 0 Å². The second-order valence-electron chi connectivity index (χ2n) is 12.2. The first-order valence-corrected chi connectivity index (χ1v) is 17.5. The van der Waals surface area contributed by atoms with Crippen molar-refractivity contribution >= 4 is 27.5 Å². The van der Waals surface area contributed by atoms with E-state index < -0.39 is 163 Å². The third kappa shape index (κ3) is 13.2. The van der Waals surface area contributed by atoms with Gasteiger partial charge in [0.25, 0.3) is 21.8 Å². The van der Waals surface area contributed by atoms with Crippen LogP contribution < -0.4 is 4.72 Å². The van der Waals surface area contributed by atoms with Gasteiger partial charge in [0.15, 0.2) is 0 Å². The molecule has 0 aliphatic heterocycles. The van der Waals surface area contributed by atoms with Gasteiger partial charge in [0, 0.05) is 37.3 Å². The fourth-order valence-electron chi connectivity index (χ4n) is 4.77. The SMILES string of the molecule is O=C(c1cc(C(=O)N(CC(O)C(O)CO)CC(O)C(O)CO)cc(S(=O)(=O)Nc2ccc(F)cc2C(F)(F)F)c1)N(CC(O)C(O)CO)CC(O)C(O)CO. The Hall–Kier alpha value is -3.63. The van der Waals surface area contributed by atoms with Crippen molar-refractivity contribution in [3.05, 3.63) is 58.9 Å². The Morgan fingerprint density at radius 2 is 0.945 bits per heavy atom. The number of benzene rings is 2. The molecule has 24 heteroatoms. The number of aliphatic hydroxyl groups is 12. The van der Waals surface area contributed by atoms with Gasteiger partial charge < -0.3 is 71.1 Å². The molecule has 0 fully saturated rings. The van der Waals surface area contributed by atoms with Gasteiger partial charge in [0.05, 0.1) is 67.0 Å². The van der Waals surface area contributed by atoms with Crippen LogP contribution >= 0.6 is 0 Å². The van der Waals surface area contributed by atoms with E-state index in [1.165, 1.54) is 0 Å². The van der Waals surface area contributed by atoms with Crippen LogP contribution in [0, 0.1) is 5.82 Å². The zero-order valence-corrected chi connectivity index (χ0v) is 29.4. The van der Waals surface area contributed by atoms with Crippen LogP contribution in [0.3, 0.4) is 0 Å². The molecule has 0 aliphatic rings. The number of sulfonamides is 1. The first-order valence-electron chi connectivity index (χ1n) is 16.0. The van der Waals surface area contributed by atoms with Gasteiger partial charge in [0.2, 0.25) is 0 Å². The molecular formula is C31H43F4N3O16S. The van der Waals surface area contributed by atoms with Gasteiger partial charge in [-0.3, -0.25) is 14.3 Å². The van der Waals surface area contributed by atoms with Crippen LogP contribution in [0.5, 0.6) is 0 Å². The molecule has 0 saturated heterocycles. The lowest BCUT2D eigenvalue weighted by atomic mass is 10.1. The Balaban J connectivity index is 2.88. The second kappa shape index (κ2) is 20.5. The fraction of sp³-hybridized carbons (Fsp3) is 0.548. The standard InChI is InChI=1S/C31H43F4N3O16S/c32-17-1-2-20(19(6-17)31(33,34)35)36-55(53,54)18-4-15(29(51)37(7-21(43)25(47)11-39)8-22(44)26(48)12-40)3-16(5-18)30(52)38(9-23(45)27(49)13-41)10-24(46)28(50)14-42/h1-6,21-28,36,39-50H,7-14H2. The first kappa shape index (κ1) is 47.5. The highest BCUT2D eigenvalue weighted by Gasteiger charge is 2.36. The molecule has 2 amide bonds. The summed E-state index contributed by atoms with van der Waals surface area (Å²) in [6.45, 7) is -8.18. The second-order valence-corrected chi connectivity index (χ2v) is 13.9. The molecule has 0 aromatic heterocycles. The molecule has 0 radical (unpaired) electrons. The van der Waals surface area contributed by atoms with E-state index in [0.717, 1.165) is 0 Å². The van der Waals surface area contributed by atoms with Crippen molar-refractivity contribution < 1.29 is 96.8 Å². The molecule has 0 saturated carbocycles. The molecule has 2 aromatic carbocycles. The normalized spacial score (nSPS) is 16.7. The van der Waals surface area contributed by atoms with Gasteiger partial charge >= 0.3 is 6.18 Å². The van der Waals surface area contributed by atoms with Crippen molar-refractivity contribution in [1.29, 1.82) is 0 Å². The van der Waals surface area contributed by atoms with E-state index in [9.17, 15) is 96.8 Å². The van der Waals surface area contributed by atoms with Crippen molar-refractivity contribution in [1.82, 2.24) is 9.80 Å². The Bertz CT molecular complexity index is 1580. The molecule has 2 aromatic rings. The van der Waals surface area contributed by atoms with Gasteiger partial charge in [-0.05, 0) is 36.4 Å². The number of carbonyl (C=O) groups is 2. The molecule has 55 heavy (non-hydrogen) atoms. The Morgan fingerprint density at radius 1 is 0.600 bits per heavy atom. The summed E-state index contributed by atoms with van der Waals surface area (Å²) < 4.78 is 83.9. The molecule has 0 heterocycles. The van der Waals surface area contributed by atoms with Gasteiger partial charge in [0.1, 0.15) is 30.2 Å². The van der Waals surface area contributed by atoms with E-state index in [0.29, 0.717) is 40.1 Å². The maximum Gasteiger partial charge on any atom is 0.418 e. The van der Waals surface area contributed by atoms with Crippen LogP contribution in [0.2, 0.25) is 0 Å². The third-order valence-corrected chi connectivity index (χ3v) is 9.32. The highest BCUT2D eigenvalue weighted by Crippen LogP contribution is 2.36. The fourth-order valence-corrected chi connectivity index (χ4v) is 5.92. The number of amides is 2. The first-order chi connectivity index (χ1) is 25.5. The lowest BCUT2D eigenvalue weighted by molar-refractivity contribution is -0.137. The molecule has 0 bridgehead atoms. The maximum absolute atomic E-state index is 13.9. The highest BCUT2D eigenvalue weighted by molar-refractivity contribution is 7.92. The lowest BCUT2D eigenvalue weighted by Gasteiger charge is -2.31. The number of rotatable bonds is 21. The molecular weight excluding hydrogens is 778 g/mol. The van der Waals surface area contributed by atoms with Crippen LogP contribution in [-0.4, -0.2) is 193 Å². The van der Waals surface area contributed by atoms with E-state index in [2.05, 4.69) is 0 Å². The van der Waals surface area contributed by atoms with E-state index in [1.54, 1.807) is 4.72 Å². The predicted octanol–water partition coefficient (Wildman–Crippen LogP) is -4.61. The van der Waals surface area contributed by atoms with Gasteiger partial charge in [-0.25, -0.2) is 12.8 Å². The average Bonchev–Trinajstić information content (AvgIpc) is 3.14. The molecule has 0 spiro atoms. The molecule has 2 rings (SSSR count). The van der Waals surface area contributed by atoms with Gasteiger partial charge in [-0.1, -0.05) is 0 Å². The Morgan fingerprint density at radius 3 is 1.25 bits per heavy atom. The summed E-state index contributed by atoms with van der Waals surface area (Å²) >= 11 is 0. The third-order valence-electron chi connectivity index (χ3n) is 7.97. The van der Waals surface area contributed by atoms with E-state index >= 15 is 0 Å². The quantitative estimate of drug-likeness (QED) is 0.0527. The number of halogens is 4. The average molecular weight is 822 g/mol. The Kier molecular flexibility index (Phi) is 17.7. The van der Waals surface area contributed by atoms with Crippen LogP contribution in [-0.2, 0) is 16.2 Å². The number of carbonyl (C=O) groups excluding carboxylic acids is 2.